The maximum Gasteiger partial charge on any atom is 0.153 e. The molecule has 1 fully saturated rings. The van der Waals surface area contributed by atoms with Crippen molar-refractivity contribution < 1.29 is 9.53 Å². The standard InChI is InChI=1S/C16H24N2O2/c1-2-17-9-11-18(12-10-17)8-5-13-20-16-7-4-3-6-15(16)14-19/h3-4,6-7,14H,2,5,8-13H2,1H3. The van der Waals surface area contributed by atoms with Crippen LogP contribution in [0, 0.1) is 0 Å². The number of aldehydes is 1. The van der Waals surface area contributed by atoms with Gasteiger partial charge >= 0.3 is 0 Å². The molecule has 1 heterocycles. The molecule has 4 nitrogen and oxygen atoms in total. The van der Waals surface area contributed by atoms with E-state index in [1.807, 2.05) is 18.2 Å². The first-order valence-corrected chi connectivity index (χ1v) is 7.45. The van der Waals surface area contributed by atoms with E-state index in [-0.39, 0.29) is 0 Å². The van der Waals surface area contributed by atoms with Crippen molar-refractivity contribution in [3.8, 4) is 5.75 Å². The van der Waals surface area contributed by atoms with Gasteiger partial charge in [0.1, 0.15) is 5.75 Å². The highest BCUT2D eigenvalue weighted by Crippen LogP contribution is 2.15. The second kappa shape index (κ2) is 8.02. The SMILES string of the molecule is CCN1CCN(CCCOc2ccccc2C=O)CC1. The van der Waals surface area contributed by atoms with Gasteiger partial charge in [-0.15, -0.1) is 0 Å². The van der Waals surface area contributed by atoms with Gasteiger partial charge in [0.2, 0.25) is 0 Å². The molecule has 2 rings (SSSR count). The van der Waals surface area contributed by atoms with Gasteiger partial charge in [-0.2, -0.15) is 0 Å². The number of carbonyl (C=O) groups is 1. The van der Waals surface area contributed by atoms with Crippen molar-refractivity contribution in [2.24, 2.45) is 0 Å². The Morgan fingerprint density at radius 1 is 1.15 bits per heavy atom. The van der Waals surface area contributed by atoms with Gasteiger partial charge in [0, 0.05) is 32.7 Å². The molecule has 0 bridgehead atoms. The van der Waals surface area contributed by atoms with Crippen LogP contribution in [-0.2, 0) is 0 Å². The van der Waals surface area contributed by atoms with Crippen LogP contribution in [0.2, 0.25) is 0 Å². The minimum absolute atomic E-state index is 0.629. The Morgan fingerprint density at radius 3 is 2.55 bits per heavy atom. The Bertz CT molecular complexity index is 415. The number of hydrogen-bond donors (Lipinski definition) is 0. The lowest BCUT2D eigenvalue weighted by Crippen LogP contribution is -2.46. The van der Waals surface area contributed by atoms with Gasteiger partial charge in [0.25, 0.3) is 0 Å². The third-order valence-corrected chi connectivity index (χ3v) is 3.83. The lowest BCUT2D eigenvalue weighted by Gasteiger charge is -2.33. The molecule has 0 saturated carbocycles. The minimum atomic E-state index is 0.629. The number of ether oxygens (including phenoxy) is 1. The fourth-order valence-electron chi connectivity index (χ4n) is 2.51. The van der Waals surface area contributed by atoms with Crippen LogP contribution in [0.5, 0.6) is 5.75 Å². The highest BCUT2D eigenvalue weighted by Gasteiger charge is 2.14. The number of benzene rings is 1. The molecule has 0 spiro atoms. The lowest BCUT2D eigenvalue weighted by atomic mass is 10.2. The largest absolute Gasteiger partial charge is 0.493 e. The molecule has 0 radical (unpaired) electrons. The quantitative estimate of drug-likeness (QED) is 0.562. The van der Waals surface area contributed by atoms with E-state index in [9.17, 15) is 4.79 Å². The molecule has 1 saturated heterocycles. The third-order valence-electron chi connectivity index (χ3n) is 3.83. The average molecular weight is 276 g/mol. The Labute approximate surface area is 121 Å². The van der Waals surface area contributed by atoms with Crippen LogP contribution in [0.15, 0.2) is 24.3 Å². The maximum atomic E-state index is 10.9. The van der Waals surface area contributed by atoms with Crippen molar-refractivity contribution in [2.75, 3.05) is 45.9 Å². The van der Waals surface area contributed by atoms with Crippen molar-refractivity contribution in [3.63, 3.8) is 0 Å². The molecule has 110 valence electrons. The zero-order valence-electron chi connectivity index (χ0n) is 12.3. The monoisotopic (exact) mass is 276 g/mol. The van der Waals surface area contributed by atoms with Crippen LogP contribution in [0.3, 0.4) is 0 Å². The van der Waals surface area contributed by atoms with Gasteiger partial charge in [-0.05, 0) is 25.1 Å². The number of rotatable bonds is 7. The summed E-state index contributed by atoms with van der Waals surface area (Å²) in [6.45, 7) is 9.75. The molecule has 0 N–H and O–H groups in total. The second-order valence-corrected chi connectivity index (χ2v) is 5.13. The van der Waals surface area contributed by atoms with Gasteiger partial charge in [-0.1, -0.05) is 19.1 Å². The van der Waals surface area contributed by atoms with Gasteiger partial charge in [0.05, 0.1) is 12.2 Å². The van der Waals surface area contributed by atoms with Crippen molar-refractivity contribution >= 4 is 6.29 Å². The van der Waals surface area contributed by atoms with E-state index in [0.717, 1.165) is 38.9 Å². The first-order valence-electron chi connectivity index (χ1n) is 7.45. The van der Waals surface area contributed by atoms with Gasteiger partial charge < -0.3 is 14.5 Å². The van der Waals surface area contributed by atoms with Crippen LogP contribution >= 0.6 is 0 Å². The van der Waals surface area contributed by atoms with E-state index in [2.05, 4.69) is 16.7 Å². The first-order chi connectivity index (χ1) is 9.83. The summed E-state index contributed by atoms with van der Waals surface area (Å²) in [6.07, 6.45) is 1.85. The fourth-order valence-corrected chi connectivity index (χ4v) is 2.51. The van der Waals surface area contributed by atoms with Crippen molar-refractivity contribution in [1.82, 2.24) is 9.80 Å². The van der Waals surface area contributed by atoms with Gasteiger partial charge in [0.15, 0.2) is 6.29 Å². The Morgan fingerprint density at radius 2 is 1.85 bits per heavy atom. The van der Waals surface area contributed by atoms with Crippen LogP contribution < -0.4 is 4.74 Å². The summed E-state index contributed by atoms with van der Waals surface area (Å²) < 4.78 is 5.69. The third kappa shape index (κ3) is 4.32. The predicted octanol–water partition coefficient (Wildman–Crippen LogP) is 1.91. The van der Waals surface area contributed by atoms with E-state index in [1.165, 1.54) is 13.1 Å². The smallest absolute Gasteiger partial charge is 0.153 e. The molecule has 0 aromatic heterocycles. The molecule has 0 atom stereocenters. The minimum Gasteiger partial charge on any atom is -0.493 e. The number of para-hydroxylation sites is 1. The highest BCUT2D eigenvalue weighted by atomic mass is 16.5. The molecule has 1 aliphatic rings. The number of likely N-dealkylation sites (N-methyl/N-ethyl adjacent to an activating group) is 1. The first kappa shape index (κ1) is 15.0. The summed E-state index contributed by atoms with van der Waals surface area (Å²) >= 11 is 0. The van der Waals surface area contributed by atoms with Crippen LogP contribution in [0.4, 0.5) is 0 Å². The molecule has 0 unspecified atom stereocenters. The zero-order chi connectivity index (χ0) is 14.2. The van der Waals surface area contributed by atoms with Crippen molar-refractivity contribution in [1.29, 1.82) is 0 Å². The number of hydrogen-bond acceptors (Lipinski definition) is 4. The van der Waals surface area contributed by atoms with Crippen molar-refractivity contribution in [3.05, 3.63) is 29.8 Å². The summed E-state index contributed by atoms with van der Waals surface area (Å²) in [5.74, 6) is 0.693. The number of piperazine rings is 1. The highest BCUT2D eigenvalue weighted by molar-refractivity contribution is 5.79. The summed E-state index contributed by atoms with van der Waals surface area (Å²) in [5.41, 5.74) is 0.629. The Balaban J connectivity index is 1.65. The van der Waals surface area contributed by atoms with E-state index < -0.39 is 0 Å². The number of carbonyl (C=O) groups excluding carboxylic acids is 1. The molecule has 1 aliphatic heterocycles. The van der Waals surface area contributed by atoms with Crippen LogP contribution in [-0.4, -0.2) is 62.0 Å². The van der Waals surface area contributed by atoms with E-state index in [1.54, 1.807) is 6.07 Å². The lowest BCUT2D eigenvalue weighted by molar-refractivity contribution is 0.111. The topological polar surface area (TPSA) is 32.8 Å². The summed E-state index contributed by atoms with van der Waals surface area (Å²) in [7, 11) is 0. The summed E-state index contributed by atoms with van der Waals surface area (Å²) in [4.78, 5) is 15.8. The summed E-state index contributed by atoms with van der Waals surface area (Å²) in [6, 6.07) is 7.38. The molecule has 1 aromatic rings. The van der Waals surface area contributed by atoms with E-state index >= 15 is 0 Å². The molecule has 0 aliphatic carbocycles. The molecular formula is C16H24N2O2. The fraction of sp³-hybridized carbons (Fsp3) is 0.562. The van der Waals surface area contributed by atoms with E-state index in [0.29, 0.717) is 17.9 Å². The molecule has 4 heteroatoms. The maximum absolute atomic E-state index is 10.9. The van der Waals surface area contributed by atoms with Crippen LogP contribution in [0.25, 0.3) is 0 Å². The Kier molecular flexibility index (Phi) is 6.02. The van der Waals surface area contributed by atoms with Crippen LogP contribution in [0.1, 0.15) is 23.7 Å². The number of nitrogens with zero attached hydrogens (tertiary/aromatic N) is 2. The van der Waals surface area contributed by atoms with E-state index in [4.69, 9.17) is 4.74 Å². The normalized spacial score (nSPS) is 17.1. The van der Waals surface area contributed by atoms with Crippen molar-refractivity contribution in [2.45, 2.75) is 13.3 Å². The van der Waals surface area contributed by atoms with Gasteiger partial charge in [-0.3, -0.25) is 4.79 Å². The summed E-state index contributed by atoms with van der Waals surface area (Å²) in [5, 5.41) is 0. The average Bonchev–Trinajstić information content (AvgIpc) is 2.52. The predicted molar refractivity (Wildman–Crippen MR) is 80.5 cm³/mol. The second-order valence-electron chi connectivity index (χ2n) is 5.13. The molecule has 20 heavy (non-hydrogen) atoms. The molecule has 0 amide bonds. The zero-order valence-corrected chi connectivity index (χ0v) is 12.3. The molecule has 1 aromatic carbocycles. The van der Waals surface area contributed by atoms with Gasteiger partial charge in [-0.25, -0.2) is 0 Å². The molecular weight excluding hydrogens is 252 g/mol. The Hall–Kier alpha value is -1.39.